The number of para-hydroxylation sites is 1. The van der Waals surface area contributed by atoms with Crippen molar-refractivity contribution < 1.29 is 22.0 Å². The van der Waals surface area contributed by atoms with Crippen molar-refractivity contribution in [3.05, 3.63) is 65.6 Å². The van der Waals surface area contributed by atoms with Crippen LogP contribution in [-0.4, -0.2) is 18.7 Å². The summed E-state index contributed by atoms with van der Waals surface area (Å²) in [5, 5.41) is 3.74. The van der Waals surface area contributed by atoms with Crippen LogP contribution in [0, 0.1) is 0 Å². The van der Waals surface area contributed by atoms with Gasteiger partial charge in [-0.2, -0.15) is 4.57 Å². The number of halogens is 1. The Balaban J connectivity index is 1.80. The molecule has 2 aromatic carbocycles. The van der Waals surface area contributed by atoms with Gasteiger partial charge >= 0.3 is 5.89 Å². The van der Waals surface area contributed by atoms with Crippen molar-refractivity contribution in [1.82, 2.24) is 0 Å². The Bertz CT molecular complexity index is 1050. The highest BCUT2D eigenvalue weighted by Gasteiger charge is 2.20. The number of hydrogen-bond acceptors (Lipinski definition) is 5. The van der Waals surface area contributed by atoms with Crippen molar-refractivity contribution in [1.29, 1.82) is 0 Å². The smallest absolute Gasteiger partial charge is 0.375 e. The summed E-state index contributed by atoms with van der Waals surface area (Å²) in [6.07, 6.45) is 4.39. The number of aromatic nitrogens is 1. The van der Waals surface area contributed by atoms with Crippen LogP contribution >= 0.6 is 11.6 Å². The molecule has 0 bridgehead atoms. The summed E-state index contributed by atoms with van der Waals surface area (Å²) >= 11 is 6.10. The summed E-state index contributed by atoms with van der Waals surface area (Å²) in [6, 6.07) is 15.0. The lowest BCUT2D eigenvalue weighted by Crippen LogP contribution is -2.35. The Morgan fingerprint density at radius 2 is 1.93 bits per heavy atom. The number of benzene rings is 2. The molecular formula is C19H19ClN2O4S. The van der Waals surface area contributed by atoms with E-state index in [4.69, 9.17) is 16.0 Å². The highest BCUT2D eigenvalue weighted by molar-refractivity contribution is 7.85. The molecule has 1 aromatic heterocycles. The second-order valence-electron chi connectivity index (χ2n) is 6.02. The molecule has 0 amide bonds. The van der Waals surface area contributed by atoms with Crippen LogP contribution in [0.5, 0.6) is 0 Å². The van der Waals surface area contributed by atoms with Gasteiger partial charge in [-0.25, -0.2) is 8.42 Å². The van der Waals surface area contributed by atoms with E-state index in [0.717, 1.165) is 11.2 Å². The second-order valence-corrected chi connectivity index (χ2v) is 7.98. The van der Waals surface area contributed by atoms with Crippen LogP contribution in [-0.2, 0) is 16.7 Å². The summed E-state index contributed by atoms with van der Waals surface area (Å²) in [5.41, 5.74) is 2.43. The first kappa shape index (κ1) is 19.4. The zero-order chi connectivity index (χ0) is 19.3. The molecule has 27 heavy (non-hydrogen) atoms. The normalized spacial score (nSPS) is 12.1. The predicted molar refractivity (Wildman–Crippen MR) is 104 cm³/mol. The van der Waals surface area contributed by atoms with Gasteiger partial charge in [0, 0.05) is 35.2 Å². The molecule has 0 saturated carbocycles. The lowest BCUT2D eigenvalue weighted by atomic mass is 10.3. The molecule has 0 unspecified atom stereocenters. The molecule has 0 radical (unpaired) electrons. The minimum Gasteiger partial charge on any atom is -0.748 e. The number of oxazole rings is 1. The Morgan fingerprint density at radius 3 is 2.67 bits per heavy atom. The first-order valence-corrected chi connectivity index (χ1v) is 10.4. The van der Waals surface area contributed by atoms with Gasteiger partial charge < -0.3 is 14.3 Å². The zero-order valence-electron chi connectivity index (χ0n) is 14.5. The molecule has 0 spiro atoms. The molecule has 0 aliphatic carbocycles. The topological polar surface area (TPSA) is 86.2 Å². The molecule has 0 saturated heterocycles. The van der Waals surface area contributed by atoms with E-state index in [1.54, 1.807) is 30.5 Å². The second kappa shape index (κ2) is 8.56. The third-order valence-electron chi connectivity index (χ3n) is 3.97. The number of fused-ring (bicyclic) bond motifs is 1. The number of hydrogen-bond donors (Lipinski definition) is 1. The molecule has 3 rings (SSSR count). The molecule has 1 N–H and O–H groups in total. The summed E-state index contributed by atoms with van der Waals surface area (Å²) in [7, 11) is -4.20. The average Bonchev–Trinajstić information content (AvgIpc) is 2.96. The molecule has 8 heteroatoms. The first-order chi connectivity index (χ1) is 12.9. The molecule has 0 atom stereocenters. The molecule has 142 valence electrons. The Kier molecular flexibility index (Phi) is 6.15. The van der Waals surface area contributed by atoms with Crippen LogP contribution in [0.3, 0.4) is 0 Å². The maximum absolute atomic E-state index is 10.8. The Morgan fingerprint density at radius 1 is 1.15 bits per heavy atom. The fourth-order valence-corrected chi connectivity index (χ4v) is 3.45. The number of nitrogens with zero attached hydrogens (tertiary/aromatic N) is 1. The van der Waals surface area contributed by atoms with Crippen LogP contribution in [0.1, 0.15) is 18.7 Å². The van der Waals surface area contributed by atoms with Crippen LogP contribution in [0.15, 0.2) is 59.1 Å². The van der Waals surface area contributed by atoms with E-state index in [9.17, 15) is 13.0 Å². The van der Waals surface area contributed by atoms with Crippen molar-refractivity contribution >= 4 is 44.6 Å². The van der Waals surface area contributed by atoms with E-state index in [2.05, 4.69) is 5.32 Å². The van der Waals surface area contributed by atoms with Gasteiger partial charge in [-0.1, -0.05) is 29.8 Å². The fourth-order valence-electron chi connectivity index (χ4n) is 2.72. The van der Waals surface area contributed by atoms with Gasteiger partial charge in [-0.15, -0.1) is 0 Å². The highest BCUT2D eigenvalue weighted by Crippen LogP contribution is 2.20. The van der Waals surface area contributed by atoms with E-state index < -0.39 is 10.1 Å². The Hall–Kier alpha value is -2.35. The number of anilines is 1. The maximum atomic E-state index is 10.8. The van der Waals surface area contributed by atoms with E-state index in [-0.39, 0.29) is 12.2 Å². The van der Waals surface area contributed by atoms with Crippen molar-refractivity contribution in [3.8, 4) is 0 Å². The van der Waals surface area contributed by atoms with Crippen molar-refractivity contribution in [3.63, 3.8) is 0 Å². The molecule has 6 nitrogen and oxygen atoms in total. The van der Waals surface area contributed by atoms with E-state index in [1.807, 2.05) is 34.9 Å². The standard InChI is InChI=1S/C19H19ClN2O4S/c20-15-8-9-18-17(14-15)22(12-4-5-13-27(23,24)25)19(26-18)10-11-21-16-6-2-1-3-7-16/h1-3,6-11,14H,4-5,12-13H2,(H,23,24,25). The monoisotopic (exact) mass is 406 g/mol. The number of rotatable bonds is 8. The van der Waals surface area contributed by atoms with Gasteiger partial charge in [-0.05, 0) is 30.7 Å². The van der Waals surface area contributed by atoms with Crippen LogP contribution < -0.4 is 9.88 Å². The third kappa shape index (κ3) is 5.56. The molecule has 0 aliphatic heterocycles. The van der Waals surface area contributed by atoms with Gasteiger partial charge in [0.15, 0.2) is 6.54 Å². The molecule has 0 fully saturated rings. The van der Waals surface area contributed by atoms with E-state index in [1.165, 1.54) is 0 Å². The van der Waals surface area contributed by atoms with Crippen molar-refractivity contribution in [2.24, 2.45) is 0 Å². The minimum absolute atomic E-state index is 0.289. The third-order valence-corrected chi connectivity index (χ3v) is 4.99. The van der Waals surface area contributed by atoms with E-state index >= 15 is 0 Å². The SMILES string of the molecule is O=S(=O)([O-])CCCC[n+]1c(C=CNc2ccccc2)oc2ccc(Cl)cc21. The number of aryl methyl sites for hydroxylation is 1. The minimum atomic E-state index is -4.20. The molecular weight excluding hydrogens is 388 g/mol. The van der Waals surface area contributed by atoms with Gasteiger partial charge in [0.05, 0.1) is 16.2 Å². The maximum Gasteiger partial charge on any atom is 0.375 e. The quantitative estimate of drug-likeness (QED) is 0.349. The molecule has 0 aliphatic rings. The summed E-state index contributed by atoms with van der Waals surface area (Å²) < 4.78 is 40.1. The zero-order valence-corrected chi connectivity index (χ0v) is 16.0. The highest BCUT2D eigenvalue weighted by atomic mass is 35.5. The average molecular weight is 407 g/mol. The summed E-state index contributed by atoms with van der Waals surface area (Å²) in [5.74, 6) is 0.228. The summed E-state index contributed by atoms with van der Waals surface area (Å²) in [4.78, 5) is 0. The molecule has 1 heterocycles. The number of unbranched alkanes of at least 4 members (excludes halogenated alkanes) is 1. The summed E-state index contributed by atoms with van der Waals surface area (Å²) in [6.45, 7) is 0.508. The Labute approximate surface area is 162 Å². The van der Waals surface area contributed by atoms with E-state index in [0.29, 0.717) is 29.5 Å². The largest absolute Gasteiger partial charge is 0.748 e. The van der Waals surface area contributed by atoms with Crippen LogP contribution in [0.4, 0.5) is 5.69 Å². The predicted octanol–water partition coefficient (Wildman–Crippen LogP) is 3.78. The van der Waals surface area contributed by atoms with Crippen molar-refractivity contribution in [2.75, 3.05) is 11.1 Å². The number of nitrogens with one attached hydrogen (secondary N) is 1. The fraction of sp³-hybridized carbons (Fsp3) is 0.211. The van der Waals surface area contributed by atoms with Gasteiger partial charge in [0.1, 0.15) is 0 Å². The van der Waals surface area contributed by atoms with Gasteiger partial charge in [0.25, 0.3) is 5.52 Å². The lowest BCUT2D eigenvalue weighted by Gasteiger charge is -2.04. The van der Waals surface area contributed by atoms with Crippen LogP contribution in [0.2, 0.25) is 5.02 Å². The first-order valence-electron chi connectivity index (χ1n) is 8.46. The van der Waals surface area contributed by atoms with Gasteiger partial charge in [0.2, 0.25) is 5.58 Å². The van der Waals surface area contributed by atoms with Gasteiger partial charge in [-0.3, -0.25) is 0 Å². The lowest BCUT2D eigenvalue weighted by molar-refractivity contribution is -0.678. The van der Waals surface area contributed by atoms with Crippen molar-refractivity contribution in [2.45, 2.75) is 19.4 Å². The molecule has 3 aromatic rings. The van der Waals surface area contributed by atoms with Crippen LogP contribution in [0.25, 0.3) is 17.2 Å².